The lowest BCUT2D eigenvalue weighted by molar-refractivity contribution is 0.0632. The highest BCUT2D eigenvalue weighted by molar-refractivity contribution is 5.93. The Bertz CT molecular complexity index is 660. The number of piperidine rings is 1. The highest BCUT2D eigenvalue weighted by Crippen LogP contribution is 2.20. The van der Waals surface area contributed by atoms with Crippen molar-refractivity contribution in [2.75, 3.05) is 19.7 Å². The number of likely N-dealkylation sites (tertiary alicyclic amines) is 1. The standard InChI is InChI=1S/C18H21N3O2/c1-14-4-2-6-17(8-14)23-12-15-5-3-7-21(11-15)18(22)16-9-19-13-20-10-16/h2,4,6,8-10,13,15H,3,5,7,11-12H2,1H3/t15-/m0/s1. The molecular formula is C18H21N3O2. The molecule has 2 heterocycles. The molecule has 1 aromatic carbocycles. The second kappa shape index (κ2) is 7.22. The van der Waals surface area contributed by atoms with Gasteiger partial charge in [0.25, 0.3) is 5.91 Å². The topological polar surface area (TPSA) is 55.3 Å². The van der Waals surface area contributed by atoms with Gasteiger partial charge in [-0.1, -0.05) is 12.1 Å². The minimum absolute atomic E-state index is 0.00542. The number of ether oxygens (including phenoxy) is 1. The van der Waals surface area contributed by atoms with Gasteiger partial charge in [-0.3, -0.25) is 4.79 Å². The first kappa shape index (κ1) is 15.5. The van der Waals surface area contributed by atoms with Crippen molar-refractivity contribution < 1.29 is 9.53 Å². The van der Waals surface area contributed by atoms with Gasteiger partial charge in [0, 0.05) is 31.4 Å². The summed E-state index contributed by atoms with van der Waals surface area (Å²) in [5, 5.41) is 0. The number of rotatable bonds is 4. The van der Waals surface area contributed by atoms with Crippen molar-refractivity contribution in [3.8, 4) is 5.75 Å². The van der Waals surface area contributed by atoms with Crippen molar-refractivity contribution in [1.82, 2.24) is 14.9 Å². The van der Waals surface area contributed by atoms with Gasteiger partial charge >= 0.3 is 0 Å². The van der Waals surface area contributed by atoms with Gasteiger partial charge in [-0.2, -0.15) is 0 Å². The number of nitrogens with zero attached hydrogens (tertiary/aromatic N) is 3. The second-order valence-electron chi connectivity index (χ2n) is 6.01. The summed E-state index contributed by atoms with van der Waals surface area (Å²) in [5.41, 5.74) is 1.74. The molecule has 120 valence electrons. The predicted octanol–water partition coefficient (Wildman–Crippen LogP) is 2.72. The number of benzene rings is 1. The Morgan fingerprint density at radius 3 is 2.96 bits per heavy atom. The van der Waals surface area contributed by atoms with Gasteiger partial charge in [-0.25, -0.2) is 9.97 Å². The number of aryl methyl sites for hydroxylation is 1. The van der Waals surface area contributed by atoms with Crippen molar-refractivity contribution >= 4 is 5.91 Å². The maximum atomic E-state index is 12.5. The van der Waals surface area contributed by atoms with Crippen LogP contribution in [0.2, 0.25) is 0 Å². The van der Waals surface area contributed by atoms with E-state index in [0.717, 1.165) is 31.7 Å². The third kappa shape index (κ3) is 4.06. The summed E-state index contributed by atoms with van der Waals surface area (Å²) in [7, 11) is 0. The van der Waals surface area contributed by atoms with Crippen LogP contribution in [-0.2, 0) is 0 Å². The van der Waals surface area contributed by atoms with E-state index < -0.39 is 0 Å². The molecule has 0 bridgehead atoms. The molecule has 0 aliphatic carbocycles. The molecule has 1 amide bonds. The van der Waals surface area contributed by atoms with Crippen molar-refractivity contribution in [2.24, 2.45) is 5.92 Å². The molecule has 0 N–H and O–H groups in total. The molecular weight excluding hydrogens is 290 g/mol. The zero-order valence-electron chi connectivity index (χ0n) is 13.3. The van der Waals surface area contributed by atoms with Gasteiger partial charge in [0.15, 0.2) is 0 Å². The van der Waals surface area contributed by atoms with Crippen LogP contribution in [0.5, 0.6) is 5.75 Å². The van der Waals surface area contributed by atoms with Crippen LogP contribution in [0.4, 0.5) is 0 Å². The first-order valence-corrected chi connectivity index (χ1v) is 7.96. The summed E-state index contributed by atoms with van der Waals surface area (Å²) in [4.78, 5) is 22.2. The van der Waals surface area contributed by atoms with E-state index in [1.165, 1.54) is 11.9 Å². The van der Waals surface area contributed by atoms with Gasteiger partial charge in [-0.05, 0) is 37.5 Å². The van der Waals surface area contributed by atoms with Gasteiger partial charge in [0.05, 0.1) is 12.2 Å². The molecule has 5 nitrogen and oxygen atoms in total. The van der Waals surface area contributed by atoms with Gasteiger partial charge in [0.1, 0.15) is 12.1 Å². The molecule has 1 atom stereocenters. The average Bonchev–Trinajstić information content (AvgIpc) is 2.60. The summed E-state index contributed by atoms with van der Waals surface area (Å²) in [6, 6.07) is 8.06. The Labute approximate surface area is 136 Å². The molecule has 0 radical (unpaired) electrons. The monoisotopic (exact) mass is 311 g/mol. The maximum absolute atomic E-state index is 12.5. The first-order valence-electron chi connectivity index (χ1n) is 7.96. The van der Waals surface area contributed by atoms with Gasteiger partial charge in [-0.15, -0.1) is 0 Å². The van der Waals surface area contributed by atoms with E-state index in [1.54, 1.807) is 12.4 Å². The fourth-order valence-corrected chi connectivity index (χ4v) is 2.90. The third-order valence-corrected chi connectivity index (χ3v) is 4.09. The van der Waals surface area contributed by atoms with E-state index in [9.17, 15) is 4.79 Å². The molecule has 1 aliphatic rings. The Hall–Kier alpha value is -2.43. The lowest BCUT2D eigenvalue weighted by atomic mass is 9.98. The zero-order chi connectivity index (χ0) is 16.1. The molecule has 1 aliphatic heterocycles. The normalized spacial score (nSPS) is 17.8. The van der Waals surface area contributed by atoms with E-state index in [2.05, 4.69) is 23.0 Å². The molecule has 23 heavy (non-hydrogen) atoms. The van der Waals surface area contributed by atoms with E-state index in [-0.39, 0.29) is 5.91 Å². The van der Waals surface area contributed by atoms with Gasteiger partial charge < -0.3 is 9.64 Å². The molecule has 1 fully saturated rings. The van der Waals surface area contributed by atoms with Crippen molar-refractivity contribution in [1.29, 1.82) is 0 Å². The van der Waals surface area contributed by atoms with Crippen LogP contribution in [0, 0.1) is 12.8 Å². The number of carbonyl (C=O) groups is 1. The average molecular weight is 311 g/mol. The summed E-state index contributed by atoms with van der Waals surface area (Å²) < 4.78 is 5.90. The van der Waals surface area contributed by atoms with Crippen molar-refractivity contribution in [3.63, 3.8) is 0 Å². The first-order chi connectivity index (χ1) is 11.2. The highest BCUT2D eigenvalue weighted by Gasteiger charge is 2.25. The Balaban J connectivity index is 1.57. The fourth-order valence-electron chi connectivity index (χ4n) is 2.90. The smallest absolute Gasteiger partial charge is 0.257 e. The highest BCUT2D eigenvalue weighted by atomic mass is 16.5. The largest absolute Gasteiger partial charge is 0.493 e. The number of amides is 1. The number of carbonyl (C=O) groups excluding carboxylic acids is 1. The molecule has 1 aromatic heterocycles. The third-order valence-electron chi connectivity index (χ3n) is 4.09. The summed E-state index contributed by atoms with van der Waals surface area (Å²) in [6.45, 7) is 4.20. The summed E-state index contributed by atoms with van der Waals surface area (Å²) in [5.74, 6) is 1.26. The molecule has 5 heteroatoms. The SMILES string of the molecule is Cc1cccc(OC[C@H]2CCCN(C(=O)c3cncnc3)C2)c1. The zero-order valence-corrected chi connectivity index (χ0v) is 13.3. The lowest BCUT2D eigenvalue weighted by Gasteiger charge is -2.32. The minimum Gasteiger partial charge on any atom is -0.493 e. The molecule has 0 spiro atoms. The van der Waals surface area contributed by atoms with Crippen LogP contribution in [0.1, 0.15) is 28.8 Å². The Kier molecular flexibility index (Phi) is 4.86. The van der Waals surface area contributed by atoms with Crippen LogP contribution in [0.3, 0.4) is 0 Å². The number of hydrogen-bond donors (Lipinski definition) is 0. The van der Waals surface area contributed by atoms with Crippen LogP contribution < -0.4 is 4.74 Å². The van der Waals surface area contributed by atoms with E-state index >= 15 is 0 Å². The number of aromatic nitrogens is 2. The van der Waals surface area contributed by atoms with E-state index in [4.69, 9.17) is 4.74 Å². The molecule has 3 rings (SSSR count). The minimum atomic E-state index is 0.00542. The number of hydrogen-bond acceptors (Lipinski definition) is 4. The summed E-state index contributed by atoms with van der Waals surface area (Å²) in [6.07, 6.45) is 6.66. The van der Waals surface area contributed by atoms with Crippen molar-refractivity contribution in [3.05, 3.63) is 54.1 Å². The maximum Gasteiger partial charge on any atom is 0.257 e. The molecule has 0 saturated carbocycles. The quantitative estimate of drug-likeness (QED) is 0.871. The van der Waals surface area contributed by atoms with Crippen LogP contribution in [0.15, 0.2) is 43.0 Å². The van der Waals surface area contributed by atoms with Gasteiger partial charge in [0.2, 0.25) is 0 Å². The Morgan fingerprint density at radius 1 is 1.35 bits per heavy atom. The molecule has 2 aromatic rings. The van der Waals surface area contributed by atoms with Crippen molar-refractivity contribution in [2.45, 2.75) is 19.8 Å². The van der Waals surface area contributed by atoms with E-state index in [0.29, 0.717) is 18.1 Å². The lowest BCUT2D eigenvalue weighted by Crippen LogP contribution is -2.41. The molecule has 1 saturated heterocycles. The van der Waals surface area contributed by atoms with Crippen LogP contribution in [-0.4, -0.2) is 40.5 Å². The van der Waals surface area contributed by atoms with E-state index in [1.807, 2.05) is 23.1 Å². The van der Waals surface area contributed by atoms with Crippen LogP contribution in [0.25, 0.3) is 0 Å². The molecule has 0 unspecified atom stereocenters. The second-order valence-corrected chi connectivity index (χ2v) is 6.01. The van der Waals surface area contributed by atoms with Crippen LogP contribution >= 0.6 is 0 Å². The summed E-state index contributed by atoms with van der Waals surface area (Å²) >= 11 is 0. The predicted molar refractivity (Wildman–Crippen MR) is 87.3 cm³/mol. The Morgan fingerprint density at radius 2 is 2.17 bits per heavy atom. The fraction of sp³-hybridized carbons (Fsp3) is 0.389.